The Bertz CT molecular complexity index is 1410. The molecule has 6 atom stereocenters. The van der Waals surface area contributed by atoms with Crippen LogP contribution in [0, 0.1) is 11.3 Å². The molecule has 0 bridgehead atoms. The number of nitrogens with zero attached hydrogens (tertiary/aromatic N) is 1. The molecule has 0 radical (unpaired) electrons. The number of carbonyl (C=O) groups is 1. The number of aliphatic hydroxyl groups is 1. The maximum atomic E-state index is 13.5. The number of nitrogens with two attached hydrogens (primary N) is 1. The number of amides is 1. The van der Waals surface area contributed by atoms with Gasteiger partial charge in [0.1, 0.15) is 24.4 Å². The standard InChI is InChI=1S/C33H41ClN4O6/c1-41-31-29(37-32(40)25-7-4-14-38(16-25)33(35)36)27(19-42-17-21-9-12-26(34)13-10-21)44-28(30(31)39)20-43-18-22-8-11-23-5-2-3-6-24(23)15-22/h2-3,5-6,8-13,15,25,27-31,39H,4,7,14,16-20H2,1H3,(H3,35,36)(H,37,40)/t25?,27?,28?,29-,30+,31?/m0/s1. The minimum Gasteiger partial charge on any atom is -0.388 e. The van der Waals surface area contributed by atoms with Gasteiger partial charge in [0.2, 0.25) is 5.91 Å². The molecule has 2 aliphatic rings. The number of nitrogens with one attached hydrogen (secondary N) is 2. The Kier molecular flexibility index (Phi) is 11.1. The summed E-state index contributed by atoms with van der Waals surface area (Å²) in [7, 11) is 1.51. The highest BCUT2D eigenvalue weighted by atomic mass is 35.5. The van der Waals surface area contributed by atoms with Gasteiger partial charge >= 0.3 is 0 Å². The molecule has 44 heavy (non-hydrogen) atoms. The van der Waals surface area contributed by atoms with E-state index in [-0.39, 0.29) is 31.0 Å². The lowest BCUT2D eigenvalue weighted by Crippen LogP contribution is -2.66. The summed E-state index contributed by atoms with van der Waals surface area (Å²) in [6.07, 6.45) is -1.73. The number of aliphatic hydroxyl groups excluding tert-OH is 1. The van der Waals surface area contributed by atoms with E-state index in [4.69, 9.17) is 41.7 Å². The quantitative estimate of drug-likeness (QED) is 0.188. The molecular weight excluding hydrogens is 584 g/mol. The zero-order valence-corrected chi connectivity index (χ0v) is 25.6. The van der Waals surface area contributed by atoms with Gasteiger partial charge in [-0.1, -0.05) is 60.1 Å². The maximum Gasteiger partial charge on any atom is 0.225 e. The molecule has 0 saturated carbocycles. The molecule has 5 rings (SSSR count). The second-order valence-corrected chi connectivity index (χ2v) is 11.9. The lowest BCUT2D eigenvalue weighted by Gasteiger charge is -2.45. The van der Waals surface area contributed by atoms with Crippen molar-refractivity contribution in [2.75, 3.05) is 33.4 Å². The monoisotopic (exact) mass is 624 g/mol. The van der Waals surface area contributed by atoms with Crippen molar-refractivity contribution in [2.24, 2.45) is 11.7 Å². The number of methoxy groups -OCH3 is 1. The number of fused-ring (bicyclic) bond motifs is 1. The van der Waals surface area contributed by atoms with Crippen molar-refractivity contribution in [3.05, 3.63) is 82.9 Å². The zero-order valence-electron chi connectivity index (χ0n) is 24.9. The number of carbonyl (C=O) groups excluding carboxylic acids is 1. The Balaban J connectivity index is 1.26. The summed E-state index contributed by atoms with van der Waals surface area (Å²) in [5.74, 6) is -0.609. The predicted molar refractivity (Wildman–Crippen MR) is 168 cm³/mol. The van der Waals surface area contributed by atoms with Crippen molar-refractivity contribution in [3.63, 3.8) is 0 Å². The third-order valence-electron chi connectivity index (χ3n) is 8.36. The van der Waals surface area contributed by atoms with E-state index in [1.54, 1.807) is 17.0 Å². The highest BCUT2D eigenvalue weighted by Crippen LogP contribution is 2.26. The number of benzene rings is 3. The van der Waals surface area contributed by atoms with Crippen molar-refractivity contribution in [2.45, 2.75) is 56.5 Å². The summed E-state index contributed by atoms with van der Waals surface area (Å²) in [5.41, 5.74) is 7.65. The number of halogens is 1. The van der Waals surface area contributed by atoms with Crippen LogP contribution in [0.3, 0.4) is 0 Å². The van der Waals surface area contributed by atoms with E-state index in [0.29, 0.717) is 37.7 Å². The molecule has 2 heterocycles. The lowest BCUT2D eigenvalue weighted by atomic mass is 9.91. The van der Waals surface area contributed by atoms with Crippen LogP contribution in [-0.2, 0) is 37.0 Å². The highest BCUT2D eigenvalue weighted by molar-refractivity contribution is 6.30. The molecule has 2 aliphatic heterocycles. The van der Waals surface area contributed by atoms with E-state index in [1.807, 2.05) is 30.3 Å². The zero-order chi connectivity index (χ0) is 31.1. The van der Waals surface area contributed by atoms with Crippen LogP contribution in [0.2, 0.25) is 5.02 Å². The first-order valence-corrected chi connectivity index (χ1v) is 15.3. The van der Waals surface area contributed by atoms with Crippen molar-refractivity contribution in [1.29, 1.82) is 5.41 Å². The fraction of sp³-hybridized carbons (Fsp3) is 0.455. The topological polar surface area (TPSA) is 139 Å². The van der Waals surface area contributed by atoms with E-state index < -0.39 is 30.5 Å². The first-order chi connectivity index (χ1) is 21.3. The van der Waals surface area contributed by atoms with Gasteiger partial charge in [-0.3, -0.25) is 10.2 Å². The fourth-order valence-electron chi connectivity index (χ4n) is 5.95. The number of ether oxygens (including phenoxy) is 4. The Morgan fingerprint density at radius 2 is 1.73 bits per heavy atom. The Morgan fingerprint density at radius 3 is 2.45 bits per heavy atom. The third-order valence-corrected chi connectivity index (χ3v) is 8.62. The van der Waals surface area contributed by atoms with Crippen LogP contribution in [-0.4, -0.2) is 85.7 Å². The molecule has 5 N–H and O–H groups in total. The molecule has 4 unspecified atom stereocenters. The molecule has 0 aromatic heterocycles. The first-order valence-electron chi connectivity index (χ1n) is 15.0. The molecular formula is C33H41ClN4O6. The molecule has 236 valence electrons. The summed E-state index contributed by atoms with van der Waals surface area (Å²) >= 11 is 6.02. The molecule has 0 aliphatic carbocycles. The van der Waals surface area contributed by atoms with Gasteiger partial charge in [0.05, 0.1) is 38.4 Å². The number of hydrogen-bond acceptors (Lipinski definition) is 7. The van der Waals surface area contributed by atoms with Crippen molar-refractivity contribution < 1.29 is 28.8 Å². The van der Waals surface area contributed by atoms with Crippen molar-refractivity contribution in [1.82, 2.24) is 10.2 Å². The molecule has 2 fully saturated rings. The maximum absolute atomic E-state index is 13.5. The molecule has 3 aromatic carbocycles. The van der Waals surface area contributed by atoms with E-state index in [1.165, 1.54) is 7.11 Å². The van der Waals surface area contributed by atoms with Gasteiger partial charge in [0.25, 0.3) is 0 Å². The third kappa shape index (κ3) is 8.06. The summed E-state index contributed by atoms with van der Waals surface area (Å²) in [4.78, 5) is 15.2. The van der Waals surface area contributed by atoms with Gasteiger partial charge in [0, 0.05) is 25.2 Å². The summed E-state index contributed by atoms with van der Waals surface area (Å²) in [5, 5.41) is 25.1. The Hall–Kier alpha value is -3.25. The minimum absolute atomic E-state index is 0.0475. The van der Waals surface area contributed by atoms with E-state index in [9.17, 15) is 9.90 Å². The van der Waals surface area contributed by atoms with Crippen LogP contribution in [0.1, 0.15) is 24.0 Å². The van der Waals surface area contributed by atoms with E-state index in [0.717, 1.165) is 28.3 Å². The van der Waals surface area contributed by atoms with Crippen molar-refractivity contribution in [3.8, 4) is 0 Å². The van der Waals surface area contributed by atoms with Crippen LogP contribution in [0.4, 0.5) is 0 Å². The summed E-state index contributed by atoms with van der Waals surface area (Å²) in [6, 6.07) is 21.0. The predicted octanol–water partition coefficient (Wildman–Crippen LogP) is 3.46. The van der Waals surface area contributed by atoms with Crippen LogP contribution in [0.5, 0.6) is 0 Å². The second-order valence-electron chi connectivity index (χ2n) is 11.4. The Labute approximate surface area is 262 Å². The van der Waals surface area contributed by atoms with E-state index >= 15 is 0 Å². The van der Waals surface area contributed by atoms with Gasteiger partial charge < -0.3 is 40.0 Å². The van der Waals surface area contributed by atoms with Gasteiger partial charge in [-0.2, -0.15) is 0 Å². The van der Waals surface area contributed by atoms with Gasteiger partial charge in [-0.05, 0) is 52.9 Å². The first kappa shape index (κ1) is 32.2. The normalized spacial score (nSPS) is 25.6. The number of hydrogen-bond donors (Lipinski definition) is 4. The second kappa shape index (κ2) is 15.2. The lowest BCUT2D eigenvalue weighted by molar-refractivity contribution is -0.218. The highest BCUT2D eigenvalue weighted by Gasteiger charge is 2.47. The molecule has 2 saturated heterocycles. The molecule has 0 spiro atoms. The summed E-state index contributed by atoms with van der Waals surface area (Å²) in [6.45, 7) is 1.94. The van der Waals surface area contributed by atoms with E-state index in [2.05, 4.69) is 29.6 Å². The van der Waals surface area contributed by atoms with Crippen LogP contribution >= 0.6 is 11.6 Å². The molecule has 10 nitrogen and oxygen atoms in total. The largest absolute Gasteiger partial charge is 0.388 e. The van der Waals surface area contributed by atoms with Crippen LogP contribution in [0.15, 0.2) is 66.7 Å². The Morgan fingerprint density at radius 1 is 1.05 bits per heavy atom. The SMILES string of the molecule is COC1[C@H](O)C(COCc2ccc3ccccc3c2)OC(COCc2ccc(Cl)cc2)[C@@H]1NC(=O)C1CCCN(C(=N)N)C1. The van der Waals surface area contributed by atoms with Crippen LogP contribution < -0.4 is 11.1 Å². The average Bonchev–Trinajstić information content (AvgIpc) is 3.03. The van der Waals surface area contributed by atoms with Gasteiger partial charge in [-0.15, -0.1) is 0 Å². The number of likely N-dealkylation sites (tertiary alicyclic amines) is 1. The van der Waals surface area contributed by atoms with Crippen LogP contribution in [0.25, 0.3) is 10.8 Å². The number of guanidine groups is 1. The smallest absolute Gasteiger partial charge is 0.225 e. The fourth-order valence-corrected chi connectivity index (χ4v) is 6.08. The van der Waals surface area contributed by atoms with Gasteiger partial charge in [-0.25, -0.2) is 0 Å². The number of piperidine rings is 1. The molecule has 3 aromatic rings. The minimum atomic E-state index is -1.06. The average molecular weight is 625 g/mol. The number of rotatable bonds is 11. The molecule has 11 heteroatoms. The summed E-state index contributed by atoms with van der Waals surface area (Å²) < 4.78 is 24.2. The van der Waals surface area contributed by atoms with Crippen molar-refractivity contribution >= 4 is 34.2 Å². The van der Waals surface area contributed by atoms with Gasteiger partial charge in [0.15, 0.2) is 5.96 Å². The molecule has 1 amide bonds.